The molecular formula is C27H30N4O6. The zero-order valence-corrected chi connectivity index (χ0v) is 20.7. The molecule has 10 heteroatoms. The number of hydrogen-bond acceptors (Lipinski definition) is 6. The molecule has 2 heterocycles. The lowest BCUT2D eigenvalue weighted by atomic mass is 10.2. The number of rotatable bonds is 10. The fourth-order valence-corrected chi connectivity index (χ4v) is 4.18. The monoisotopic (exact) mass is 506 g/mol. The van der Waals surface area contributed by atoms with E-state index in [4.69, 9.17) is 9.15 Å². The van der Waals surface area contributed by atoms with Crippen LogP contribution in [0.3, 0.4) is 0 Å². The number of nitrogens with one attached hydrogen (secondary N) is 1. The lowest BCUT2D eigenvalue weighted by Crippen LogP contribution is -2.46. The molecule has 0 unspecified atom stereocenters. The summed E-state index contributed by atoms with van der Waals surface area (Å²) in [5.74, 6) is 1.17. The van der Waals surface area contributed by atoms with E-state index in [0.717, 1.165) is 24.2 Å². The van der Waals surface area contributed by atoms with E-state index in [0.29, 0.717) is 24.6 Å². The van der Waals surface area contributed by atoms with Gasteiger partial charge in [-0.15, -0.1) is 0 Å². The fraction of sp³-hybridized carbons (Fsp3) is 0.333. The number of furan rings is 1. The number of carbonyl (C=O) groups is 2. The summed E-state index contributed by atoms with van der Waals surface area (Å²) in [4.78, 5) is 40.3. The van der Waals surface area contributed by atoms with Gasteiger partial charge in [-0.05, 0) is 49.6 Å². The molecule has 1 N–H and O–H groups in total. The molecule has 0 saturated carbocycles. The first-order valence-electron chi connectivity index (χ1n) is 12.2. The minimum absolute atomic E-state index is 0.0749. The van der Waals surface area contributed by atoms with Crippen LogP contribution >= 0.6 is 0 Å². The Morgan fingerprint density at radius 2 is 1.78 bits per heavy atom. The van der Waals surface area contributed by atoms with Crippen LogP contribution in [0.2, 0.25) is 0 Å². The zero-order chi connectivity index (χ0) is 26.2. The van der Waals surface area contributed by atoms with Crippen molar-refractivity contribution in [2.45, 2.75) is 39.0 Å². The molecule has 1 aromatic heterocycles. The number of nitro groups is 1. The zero-order valence-electron chi connectivity index (χ0n) is 20.7. The summed E-state index contributed by atoms with van der Waals surface area (Å²) < 4.78 is 11.4. The summed E-state index contributed by atoms with van der Waals surface area (Å²) in [5, 5.41) is 13.7. The van der Waals surface area contributed by atoms with Crippen LogP contribution in [0.15, 0.2) is 71.1 Å². The van der Waals surface area contributed by atoms with E-state index in [-0.39, 0.29) is 37.3 Å². The van der Waals surface area contributed by atoms with Gasteiger partial charge in [0.1, 0.15) is 18.1 Å². The van der Waals surface area contributed by atoms with E-state index in [1.165, 1.54) is 29.2 Å². The van der Waals surface area contributed by atoms with E-state index >= 15 is 0 Å². The van der Waals surface area contributed by atoms with Gasteiger partial charge in [0, 0.05) is 37.5 Å². The summed E-state index contributed by atoms with van der Waals surface area (Å²) in [7, 11) is 0. The van der Waals surface area contributed by atoms with Crippen molar-refractivity contribution >= 4 is 23.3 Å². The third-order valence-corrected chi connectivity index (χ3v) is 6.10. The van der Waals surface area contributed by atoms with Crippen LogP contribution in [-0.4, -0.2) is 52.5 Å². The van der Waals surface area contributed by atoms with Gasteiger partial charge in [0.25, 0.3) is 5.69 Å². The Hall–Kier alpha value is -4.18. The second-order valence-electron chi connectivity index (χ2n) is 9.00. The number of nitrogens with zero attached hydrogens (tertiary/aromatic N) is 3. The largest absolute Gasteiger partial charge is 0.464 e. The van der Waals surface area contributed by atoms with Gasteiger partial charge in [-0.3, -0.25) is 14.9 Å². The third-order valence-electron chi connectivity index (χ3n) is 6.10. The van der Waals surface area contributed by atoms with Crippen LogP contribution in [0.25, 0.3) is 0 Å². The summed E-state index contributed by atoms with van der Waals surface area (Å²) >= 11 is 0. The molecule has 3 aromatic rings. The minimum Gasteiger partial charge on any atom is -0.464 e. The van der Waals surface area contributed by atoms with Crippen LogP contribution in [0, 0.1) is 17.0 Å². The Morgan fingerprint density at radius 3 is 2.41 bits per heavy atom. The minimum atomic E-state index is -0.504. The average molecular weight is 507 g/mol. The van der Waals surface area contributed by atoms with Gasteiger partial charge >= 0.3 is 6.03 Å². The Bertz CT molecular complexity index is 1210. The SMILES string of the molecule is Cc1ccc(CN(Cc2ccccc2)C(=O)CN(C[C@H]2CCCO2)C(=O)Nc2ccc([N+](=O)[O-])cc2)o1. The van der Waals surface area contributed by atoms with Crippen molar-refractivity contribution in [2.24, 2.45) is 0 Å². The van der Waals surface area contributed by atoms with Crippen LogP contribution < -0.4 is 5.32 Å². The lowest BCUT2D eigenvalue weighted by molar-refractivity contribution is -0.384. The Labute approximate surface area is 215 Å². The van der Waals surface area contributed by atoms with E-state index in [1.807, 2.05) is 49.4 Å². The van der Waals surface area contributed by atoms with Gasteiger partial charge in [-0.2, -0.15) is 0 Å². The molecule has 37 heavy (non-hydrogen) atoms. The molecule has 4 rings (SSSR count). The molecule has 0 aliphatic carbocycles. The number of hydrogen-bond donors (Lipinski definition) is 1. The highest BCUT2D eigenvalue weighted by molar-refractivity contribution is 5.92. The molecule has 2 aromatic carbocycles. The predicted octanol–water partition coefficient (Wildman–Crippen LogP) is 4.74. The van der Waals surface area contributed by atoms with Crippen LogP contribution in [-0.2, 0) is 22.6 Å². The van der Waals surface area contributed by atoms with E-state index < -0.39 is 11.0 Å². The van der Waals surface area contributed by atoms with Crippen molar-refractivity contribution in [1.29, 1.82) is 0 Å². The van der Waals surface area contributed by atoms with Gasteiger partial charge in [-0.25, -0.2) is 4.79 Å². The molecule has 0 spiro atoms. The number of aryl methyl sites for hydroxylation is 1. The Balaban J connectivity index is 1.50. The number of ether oxygens (including phenoxy) is 1. The third kappa shape index (κ3) is 7.40. The van der Waals surface area contributed by atoms with Crippen molar-refractivity contribution in [2.75, 3.05) is 25.0 Å². The first-order valence-corrected chi connectivity index (χ1v) is 12.2. The first-order chi connectivity index (χ1) is 17.9. The molecule has 1 aliphatic rings. The molecule has 1 fully saturated rings. The van der Waals surface area contributed by atoms with Crippen LogP contribution in [0.5, 0.6) is 0 Å². The maximum atomic E-state index is 13.6. The average Bonchev–Trinajstić information content (AvgIpc) is 3.55. The number of anilines is 1. The van der Waals surface area contributed by atoms with Gasteiger partial charge in [-0.1, -0.05) is 30.3 Å². The highest BCUT2D eigenvalue weighted by Gasteiger charge is 2.27. The fourth-order valence-electron chi connectivity index (χ4n) is 4.18. The molecular weight excluding hydrogens is 476 g/mol. The predicted molar refractivity (Wildman–Crippen MR) is 137 cm³/mol. The number of urea groups is 1. The number of non-ortho nitro benzene ring substituents is 1. The van der Waals surface area contributed by atoms with Gasteiger partial charge < -0.3 is 24.3 Å². The van der Waals surface area contributed by atoms with Crippen LogP contribution in [0.4, 0.5) is 16.2 Å². The summed E-state index contributed by atoms with van der Waals surface area (Å²) in [6, 6.07) is 18.4. The second-order valence-corrected chi connectivity index (χ2v) is 9.00. The maximum Gasteiger partial charge on any atom is 0.322 e. The molecule has 3 amide bonds. The molecule has 1 atom stereocenters. The molecule has 0 radical (unpaired) electrons. The van der Waals surface area contributed by atoms with E-state index in [2.05, 4.69) is 5.32 Å². The topological polar surface area (TPSA) is 118 Å². The standard InChI is InChI=1S/C27H30N4O6/c1-20-9-14-25(37-20)18-29(16-21-6-3-2-4-7-21)26(32)19-30(17-24-8-5-15-36-24)27(33)28-22-10-12-23(13-11-22)31(34)35/h2-4,6-7,9-14,24H,5,8,15-19H2,1H3,(H,28,33)/t24-/m1/s1. The van der Waals surface area contributed by atoms with Crippen molar-refractivity contribution in [3.05, 3.63) is 93.9 Å². The summed E-state index contributed by atoms with van der Waals surface area (Å²) in [6.45, 7) is 3.18. The molecule has 1 saturated heterocycles. The van der Waals surface area contributed by atoms with Crippen molar-refractivity contribution in [1.82, 2.24) is 9.80 Å². The summed E-state index contributed by atoms with van der Waals surface area (Å²) in [6.07, 6.45) is 1.54. The molecule has 194 valence electrons. The van der Waals surface area contributed by atoms with Gasteiger partial charge in [0.05, 0.1) is 17.6 Å². The number of amides is 3. The van der Waals surface area contributed by atoms with E-state index in [9.17, 15) is 19.7 Å². The quantitative estimate of drug-likeness (QED) is 0.314. The number of nitro benzene ring substituents is 1. The maximum absolute atomic E-state index is 13.6. The normalized spacial score (nSPS) is 14.8. The number of carbonyl (C=O) groups excluding carboxylic acids is 2. The highest BCUT2D eigenvalue weighted by Crippen LogP contribution is 2.19. The number of benzene rings is 2. The van der Waals surface area contributed by atoms with Crippen molar-refractivity contribution in [3.8, 4) is 0 Å². The highest BCUT2D eigenvalue weighted by atomic mass is 16.6. The summed E-state index contributed by atoms with van der Waals surface area (Å²) in [5.41, 5.74) is 1.28. The van der Waals surface area contributed by atoms with Crippen LogP contribution in [0.1, 0.15) is 29.9 Å². The molecule has 10 nitrogen and oxygen atoms in total. The van der Waals surface area contributed by atoms with E-state index in [1.54, 1.807) is 4.90 Å². The van der Waals surface area contributed by atoms with Crippen molar-refractivity contribution < 1.29 is 23.7 Å². The Morgan fingerprint density at radius 1 is 1.03 bits per heavy atom. The Kier molecular flexibility index (Phi) is 8.52. The van der Waals surface area contributed by atoms with Crippen molar-refractivity contribution in [3.63, 3.8) is 0 Å². The molecule has 0 bridgehead atoms. The van der Waals surface area contributed by atoms with Gasteiger partial charge in [0.2, 0.25) is 5.91 Å². The smallest absolute Gasteiger partial charge is 0.322 e. The first kappa shape index (κ1) is 25.9. The lowest BCUT2D eigenvalue weighted by Gasteiger charge is -2.29. The second kappa shape index (κ2) is 12.2. The molecule has 1 aliphatic heterocycles. The van der Waals surface area contributed by atoms with Gasteiger partial charge in [0.15, 0.2) is 0 Å².